The summed E-state index contributed by atoms with van der Waals surface area (Å²) < 4.78 is 4.80. The molecule has 0 saturated carbocycles. The van der Waals surface area contributed by atoms with E-state index < -0.39 is 0 Å². The van der Waals surface area contributed by atoms with Crippen molar-refractivity contribution in [3.63, 3.8) is 0 Å². The van der Waals surface area contributed by atoms with Gasteiger partial charge in [-0.1, -0.05) is 0 Å². The molecule has 2 N–H and O–H groups in total. The van der Waals surface area contributed by atoms with Gasteiger partial charge in [0.1, 0.15) is 0 Å². The molecule has 0 unspecified atom stereocenters. The highest BCUT2D eigenvalue weighted by Crippen LogP contribution is 2.12. The predicted octanol–water partition coefficient (Wildman–Crippen LogP) is 1.03. The Kier molecular flexibility index (Phi) is 4.07. The number of aromatic nitrogens is 1. The standard InChI is InChI=1S/C10H14N2O2/c1-2-14-10(13)7-9(11)8-3-5-12-6-4-8/h3-6,9H,2,7,11H2,1H3/t9-/m1/s1. The van der Waals surface area contributed by atoms with Gasteiger partial charge < -0.3 is 10.5 Å². The lowest BCUT2D eigenvalue weighted by atomic mass is 10.1. The van der Waals surface area contributed by atoms with Crippen molar-refractivity contribution >= 4 is 5.97 Å². The van der Waals surface area contributed by atoms with Crippen LogP contribution in [0.25, 0.3) is 0 Å². The second-order valence-electron chi connectivity index (χ2n) is 2.90. The van der Waals surface area contributed by atoms with Crippen molar-refractivity contribution < 1.29 is 9.53 Å². The molecule has 0 fully saturated rings. The lowest BCUT2D eigenvalue weighted by Crippen LogP contribution is -2.17. The summed E-state index contributed by atoms with van der Waals surface area (Å²) in [5.74, 6) is -0.267. The number of nitrogens with zero attached hydrogens (tertiary/aromatic N) is 1. The van der Waals surface area contributed by atoms with E-state index in [1.165, 1.54) is 0 Å². The van der Waals surface area contributed by atoms with Crippen molar-refractivity contribution in [3.8, 4) is 0 Å². The number of hydrogen-bond acceptors (Lipinski definition) is 4. The molecule has 0 spiro atoms. The Morgan fingerprint density at radius 3 is 2.79 bits per heavy atom. The largest absolute Gasteiger partial charge is 0.466 e. The first kappa shape index (κ1) is 10.7. The second-order valence-corrected chi connectivity index (χ2v) is 2.90. The molecule has 0 saturated heterocycles. The zero-order valence-electron chi connectivity index (χ0n) is 8.14. The van der Waals surface area contributed by atoms with Crippen LogP contribution in [0.4, 0.5) is 0 Å². The Morgan fingerprint density at radius 1 is 1.57 bits per heavy atom. The number of nitrogens with two attached hydrogens (primary N) is 1. The Balaban J connectivity index is 2.50. The van der Waals surface area contributed by atoms with Crippen LogP contribution in [0.3, 0.4) is 0 Å². The lowest BCUT2D eigenvalue weighted by Gasteiger charge is -2.10. The van der Waals surface area contributed by atoms with E-state index >= 15 is 0 Å². The zero-order valence-corrected chi connectivity index (χ0v) is 8.14. The minimum atomic E-state index is -0.308. The quantitative estimate of drug-likeness (QED) is 0.727. The molecule has 4 heteroatoms. The summed E-state index contributed by atoms with van der Waals surface area (Å²) in [6.07, 6.45) is 3.51. The van der Waals surface area contributed by atoms with E-state index in [1.54, 1.807) is 31.5 Å². The molecule has 1 aromatic heterocycles. The van der Waals surface area contributed by atoms with Crippen molar-refractivity contribution in [2.24, 2.45) is 5.73 Å². The third kappa shape index (κ3) is 3.14. The molecule has 0 radical (unpaired) electrons. The van der Waals surface area contributed by atoms with Crippen LogP contribution in [0.15, 0.2) is 24.5 Å². The molecule has 0 aliphatic carbocycles. The van der Waals surface area contributed by atoms with Gasteiger partial charge in [-0.25, -0.2) is 0 Å². The van der Waals surface area contributed by atoms with Crippen LogP contribution in [0.5, 0.6) is 0 Å². The molecule has 0 aromatic carbocycles. The SMILES string of the molecule is CCOC(=O)C[C@@H](N)c1ccncc1. The Morgan fingerprint density at radius 2 is 2.21 bits per heavy atom. The maximum absolute atomic E-state index is 11.1. The van der Waals surface area contributed by atoms with E-state index in [2.05, 4.69) is 4.98 Å². The molecule has 0 amide bonds. The molecule has 14 heavy (non-hydrogen) atoms. The van der Waals surface area contributed by atoms with Crippen molar-refractivity contribution in [3.05, 3.63) is 30.1 Å². The van der Waals surface area contributed by atoms with Gasteiger partial charge in [-0.2, -0.15) is 0 Å². The highest BCUT2D eigenvalue weighted by Gasteiger charge is 2.11. The summed E-state index contributed by atoms with van der Waals surface area (Å²) in [7, 11) is 0. The van der Waals surface area contributed by atoms with Gasteiger partial charge in [-0.3, -0.25) is 9.78 Å². The molecule has 0 aliphatic heterocycles. The van der Waals surface area contributed by atoms with Crippen LogP contribution in [0.2, 0.25) is 0 Å². The smallest absolute Gasteiger partial charge is 0.307 e. The number of rotatable bonds is 4. The Bertz CT molecular complexity index is 287. The predicted molar refractivity (Wildman–Crippen MR) is 52.4 cm³/mol. The van der Waals surface area contributed by atoms with Gasteiger partial charge in [0.15, 0.2) is 0 Å². The molecule has 1 aromatic rings. The first-order valence-electron chi connectivity index (χ1n) is 4.55. The molecule has 0 aliphatic rings. The van der Waals surface area contributed by atoms with Crippen molar-refractivity contribution in [2.45, 2.75) is 19.4 Å². The highest BCUT2D eigenvalue weighted by molar-refractivity contribution is 5.70. The van der Waals surface area contributed by atoms with Gasteiger partial charge in [0.2, 0.25) is 0 Å². The van der Waals surface area contributed by atoms with Gasteiger partial charge in [0, 0.05) is 18.4 Å². The number of pyridine rings is 1. The van der Waals surface area contributed by atoms with Crippen LogP contribution in [0.1, 0.15) is 24.9 Å². The van der Waals surface area contributed by atoms with Crippen molar-refractivity contribution in [1.29, 1.82) is 0 Å². The normalized spacial score (nSPS) is 12.1. The Labute approximate surface area is 83.1 Å². The van der Waals surface area contributed by atoms with Crippen LogP contribution in [0, 0.1) is 0 Å². The third-order valence-corrected chi connectivity index (χ3v) is 1.83. The number of esters is 1. The summed E-state index contributed by atoms with van der Waals surface area (Å²) in [6.45, 7) is 2.16. The van der Waals surface area contributed by atoms with E-state index in [4.69, 9.17) is 10.5 Å². The minimum absolute atomic E-state index is 0.206. The molecule has 1 atom stereocenters. The average Bonchev–Trinajstić information content (AvgIpc) is 2.19. The molecule has 76 valence electrons. The molecule has 4 nitrogen and oxygen atoms in total. The highest BCUT2D eigenvalue weighted by atomic mass is 16.5. The van der Waals surface area contributed by atoms with Gasteiger partial charge >= 0.3 is 5.97 Å². The topological polar surface area (TPSA) is 65.2 Å². The van der Waals surface area contributed by atoms with Crippen LogP contribution >= 0.6 is 0 Å². The number of carbonyl (C=O) groups is 1. The first-order chi connectivity index (χ1) is 6.74. The molecule has 1 rings (SSSR count). The molecular formula is C10H14N2O2. The fourth-order valence-corrected chi connectivity index (χ4v) is 1.13. The van der Waals surface area contributed by atoms with Crippen LogP contribution in [-0.4, -0.2) is 17.6 Å². The number of hydrogen-bond donors (Lipinski definition) is 1. The Hall–Kier alpha value is -1.42. The second kappa shape index (κ2) is 5.34. The van der Waals surface area contributed by atoms with Crippen LogP contribution in [-0.2, 0) is 9.53 Å². The summed E-state index contributed by atoms with van der Waals surface area (Å²) in [6, 6.07) is 3.28. The summed E-state index contributed by atoms with van der Waals surface area (Å²) in [5.41, 5.74) is 6.69. The van der Waals surface area contributed by atoms with E-state index in [1.807, 2.05) is 0 Å². The molecule has 1 heterocycles. The number of ether oxygens (including phenoxy) is 1. The first-order valence-corrected chi connectivity index (χ1v) is 4.55. The summed E-state index contributed by atoms with van der Waals surface area (Å²) >= 11 is 0. The van der Waals surface area contributed by atoms with Crippen LogP contribution < -0.4 is 5.73 Å². The fourth-order valence-electron chi connectivity index (χ4n) is 1.13. The number of carbonyl (C=O) groups excluding carboxylic acids is 1. The van der Waals surface area contributed by atoms with E-state index in [0.29, 0.717) is 6.61 Å². The minimum Gasteiger partial charge on any atom is -0.466 e. The van der Waals surface area contributed by atoms with Gasteiger partial charge in [-0.05, 0) is 24.6 Å². The summed E-state index contributed by atoms with van der Waals surface area (Å²) in [5, 5.41) is 0. The van der Waals surface area contributed by atoms with E-state index in [0.717, 1.165) is 5.56 Å². The van der Waals surface area contributed by atoms with Crippen molar-refractivity contribution in [1.82, 2.24) is 4.98 Å². The lowest BCUT2D eigenvalue weighted by molar-refractivity contribution is -0.143. The third-order valence-electron chi connectivity index (χ3n) is 1.83. The van der Waals surface area contributed by atoms with Gasteiger partial charge in [0.05, 0.1) is 13.0 Å². The zero-order chi connectivity index (χ0) is 10.4. The van der Waals surface area contributed by atoms with Crippen molar-refractivity contribution in [2.75, 3.05) is 6.61 Å². The molecular weight excluding hydrogens is 180 g/mol. The maximum Gasteiger partial charge on any atom is 0.307 e. The maximum atomic E-state index is 11.1. The monoisotopic (exact) mass is 194 g/mol. The average molecular weight is 194 g/mol. The molecule has 0 bridgehead atoms. The van der Waals surface area contributed by atoms with E-state index in [-0.39, 0.29) is 18.4 Å². The fraction of sp³-hybridized carbons (Fsp3) is 0.400. The van der Waals surface area contributed by atoms with E-state index in [9.17, 15) is 4.79 Å². The summed E-state index contributed by atoms with van der Waals surface area (Å²) in [4.78, 5) is 15.0. The van der Waals surface area contributed by atoms with Gasteiger partial charge in [0.25, 0.3) is 0 Å². The van der Waals surface area contributed by atoms with Gasteiger partial charge in [-0.15, -0.1) is 0 Å².